The van der Waals surface area contributed by atoms with Gasteiger partial charge in [-0.3, -0.25) is 4.79 Å². The quantitative estimate of drug-likeness (QED) is 0.600. The Labute approximate surface area is 171 Å². The first-order valence-electron chi connectivity index (χ1n) is 8.90. The Morgan fingerprint density at radius 3 is 2.00 bits per heavy atom. The lowest BCUT2D eigenvalue weighted by molar-refractivity contribution is 0.169. The van der Waals surface area contributed by atoms with Gasteiger partial charge in [0.25, 0.3) is 0 Å². The van der Waals surface area contributed by atoms with E-state index in [0.717, 1.165) is 0 Å². The van der Waals surface area contributed by atoms with Gasteiger partial charge in [-0.2, -0.15) is 0 Å². The maximum Gasteiger partial charge on any atom is 0.239 e. The van der Waals surface area contributed by atoms with Crippen LogP contribution < -0.4 is 38.6 Å². The molecule has 4 rings (SSSR count). The third kappa shape index (κ3) is 2.73. The van der Waals surface area contributed by atoms with Crippen LogP contribution in [0.2, 0.25) is 0 Å². The van der Waals surface area contributed by atoms with Crippen LogP contribution in [0.15, 0.2) is 27.4 Å². The standard InChI is InChI=1S/C21H20O9/c1-23-11-7-6-10(8-12(11)24-2)15-18(26-4)14(22)13-16(25-3)20-21(29-9-28-20)19(27-5)17(13)30-15/h6-8H,9H2,1-5H3. The van der Waals surface area contributed by atoms with E-state index in [1.54, 1.807) is 18.2 Å². The molecule has 0 spiro atoms. The van der Waals surface area contributed by atoms with Gasteiger partial charge in [0.1, 0.15) is 5.39 Å². The molecule has 3 aromatic rings. The molecule has 1 aliphatic heterocycles. The highest BCUT2D eigenvalue weighted by Crippen LogP contribution is 2.53. The molecule has 1 aliphatic rings. The van der Waals surface area contributed by atoms with E-state index < -0.39 is 5.43 Å². The molecule has 2 aromatic carbocycles. The van der Waals surface area contributed by atoms with Crippen LogP contribution in [-0.2, 0) is 0 Å². The second kappa shape index (κ2) is 7.58. The lowest BCUT2D eigenvalue weighted by Gasteiger charge is -2.16. The van der Waals surface area contributed by atoms with E-state index in [0.29, 0.717) is 22.8 Å². The number of ether oxygens (including phenoxy) is 7. The van der Waals surface area contributed by atoms with Crippen molar-refractivity contribution >= 4 is 11.0 Å². The normalized spacial score (nSPS) is 12.0. The molecule has 0 saturated carbocycles. The predicted octanol–water partition coefficient (Wildman–Crippen LogP) is 3.23. The molecule has 0 N–H and O–H groups in total. The topological polar surface area (TPSA) is 94.8 Å². The van der Waals surface area contributed by atoms with E-state index in [2.05, 4.69) is 0 Å². The number of fused-ring (bicyclic) bond motifs is 2. The summed E-state index contributed by atoms with van der Waals surface area (Å²) in [6.45, 7) is -0.0355. The fourth-order valence-corrected chi connectivity index (χ4v) is 3.45. The van der Waals surface area contributed by atoms with E-state index in [4.69, 9.17) is 37.6 Å². The minimum Gasteiger partial charge on any atom is -0.493 e. The summed E-state index contributed by atoms with van der Waals surface area (Å²) in [7, 11) is 7.32. The fourth-order valence-electron chi connectivity index (χ4n) is 3.45. The van der Waals surface area contributed by atoms with Crippen molar-refractivity contribution in [2.75, 3.05) is 42.3 Å². The van der Waals surface area contributed by atoms with Crippen LogP contribution in [0.25, 0.3) is 22.3 Å². The van der Waals surface area contributed by atoms with E-state index in [-0.39, 0.29) is 46.5 Å². The van der Waals surface area contributed by atoms with Crippen LogP contribution in [0.4, 0.5) is 0 Å². The maximum absolute atomic E-state index is 13.4. The predicted molar refractivity (Wildman–Crippen MR) is 107 cm³/mol. The first-order valence-corrected chi connectivity index (χ1v) is 8.90. The Bertz CT molecular complexity index is 1180. The van der Waals surface area contributed by atoms with Gasteiger partial charge in [-0.05, 0) is 18.2 Å². The Hall–Kier alpha value is -3.75. The van der Waals surface area contributed by atoms with Crippen LogP contribution in [0.3, 0.4) is 0 Å². The van der Waals surface area contributed by atoms with E-state index in [9.17, 15) is 4.79 Å². The average Bonchev–Trinajstić information content (AvgIpc) is 3.26. The molecule has 0 amide bonds. The van der Waals surface area contributed by atoms with E-state index >= 15 is 0 Å². The van der Waals surface area contributed by atoms with Crippen LogP contribution in [-0.4, -0.2) is 42.3 Å². The first kappa shape index (κ1) is 19.6. The smallest absolute Gasteiger partial charge is 0.239 e. The van der Waals surface area contributed by atoms with Crippen molar-refractivity contribution in [3.63, 3.8) is 0 Å². The molecule has 9 nitrogen and oxygen atoms in total. The summed E-state index contributed by atoms with van der Waals surface area (Å²) in [6, 6.07) is 5.11. The van der Waals surface area contributed by atoms with Crippen LogP contribution in [0, 0.1) is 0 Å². The summed E-state index contributed by atoms with van der Waals surface area (Å²) in [4.78, 5) is 13.4. The van der Waals surface area contributed by atoms with Gasteiger partial charge in [-0.1, -0.05) is 0 Å². The number of hydrogen-bond acceptors (Lipinski definition) is 9. The van der Waals surface area contributed by atoms with Crippen molar-refractivity contribution in [2.24, 2.45) is 0 Å². The highest BCUT2D eigenvalue weighted by Gasteiger charge is 2.33. The zero-order valence-electron chi connectivity index (χ0n) is 17.1. The first-order chi connectivity index (χ1) is 14.6. The Kier molecular flexibility index (Phi) is 4.94. The summed E-state index contributed by atoms with van der Waals surface area (Å²) in [5.41, 5.74) is 0.244. The van der Waals surface area contributed by atoms with Crippen molar-refractivity contribution in [1.29, 1.82) is 0 Å². The minimum atomic E-state index is -0.447. The SMILES string of the molecule is COc1ccc(-c2oc3c(OC)c4c(c(OC)c3c(=O)c2OC)OCO4)cc1OC. The summed E-state index contributed by atoms with van der Waals surface area (Å²) in [6.07, 6.45) is 0. The second-order valence-corrected chi connectivity index (χ2v) is 6.20. The van der Waals surface area contributed by atoms with Gasteiger partial charge in [-0.25, -0.2) is 0 Å². The van der Waals surface area contributed by atoms with Crippen molar-refractivity contribution in [3.8, 4) is 51.6 Å². The maximum atomic E-state index is 13.4. The third-order valence-electron chi connectivity index (χ3n) is 4.79. The molecule has 158 valence electrons. The molecule has 2 heterocycles. The minimum absolute atomic E-state index is 0.00561. The molecule has 0 atom stereocenters. The summed E-state index contributed by atoms with van der Waals surface area (Å²) in [5, 5.41) is 0.125. The molecular weight excluding hydrogens is 396 g/mol. The van der Waals surface area contributed by atoms with Crippen molar-refractivity contribution < 1.29 is 37.6 Å². The molecule has 0 radical (unpaired) electrons. The monoisotopic (exact) mass is 416 g/mol. The molecule has 9 heteroatoms. The zero-order chi connectivity index (χ0) is 21.4. The van der Waals surface area contributed by atoms with Gasteiger partial charge in [-0.15, -0.1) is 0 Å². The van der Waals surface area contributed by atoms with Crippen LogP contribution >= 0.6 is 0 Å². The molecule has 0 fully saturated rings. The van der Waals surface area contributed by atoms with Crippen molar-refractivity contribution in [1.82, 2.24) is 0 Å². The second-order valence-electron chi connectivity index (χ2n) is 6.20. The molecule has 0 bridgehead atoms. The Morgan fingerprint density at radius 1 is 0.767 bits per heavy atom. The van der Waals surface area contributed by atoms with Crippen LogP contribution in [0.5, 0.6) is 40.2 Å². The molecule has 0 saturated heterocycles. The number of hydrogen-bond donors (Lipinski definition) is 0. The Morgan fingerprint density at radius 2 is 1.40 bits per heavy atom. The summed E-state index contributed by atoms with van der Waals surface area (Å²) in [5.74, 6) is 2.16. The lowest BCUT2D eigenvalue weighted by atomic mass is 10.1. The Balaban J connectivity index is 2.10. The third-order valence-corrected chi connectivity index (χ3v) is 4.79. The van der Waals surface area contributed by atoms with Crippen LogP contribution in [0.1, 0.15) is 0 Å². The van der Waals surface area contributed by atoms with Gasteiger partial charge in [0.2, 0.25) is 35.2 Å². The van der Waals surface area contributed by atoms with Gasteiger partial charge in [0.15, 0.2) is 28.6 Å². The zero-order valence-corrected chi connectivity index (χ0v) is 17.1. The largest absolute Gasteiger partial charge is 0.493 e. The van der Waals surface area contributed by atoms with E-state index in [1.807, 2.05) is 0 Å². The molecular formula is C21H20O9. The lowest BCUT2D eigenvalue weighted by Crippen LogP contribution is -2.10. The average molecular weight is 416 g/mol. The fraction of sp³-hybridized carbons (Fsp3) is 0.286. The highest BCUT2D eigenvalue weighted by molar-refractivity contribution is 5.97. The van der Waals surface area contributed by atoms with E-state index in [1.165, 1.54) is 35.5 Å². The molecule has 0 unspecified atom stereocenters. The van der Waals surface area contributed by atoms with Gasteiger partial charge < -0.3 is 37.6 Å². The molecule has 1 aromatic heterocycles. The summed E-state index contributed by atoms with van der Waals surface area (Å²) < 4.78 is 44.2. The molecule has 30 heavy (non-hydrogen) atoms. The number of methoxy groups -OCH3 is 5. The summed E-state index contributed by atoms with van der Waals surface area (Å²) >= 11 is 0. The number of benzene rings is 2. The molecule has 0 aliphatic carbocycles. The van der Waals surface area contributed by atoms with Crippen molar-refractivity contribution in [2.45, 2.75) is 0 Å². The van der Waals surface area contributed by atoms with Crippen molar-refractivity contribution in [3.05, 3.63) is 28.4 Å². The van der Waals surface area contributed by atoms with Gasteiger partial charge >= 0.3 is 0 Å². The number of rotatable bonds is 6. The van der Waals surface area contributed by atoms with Gasteiger partial charge in [0.05, 0.1) is 35.5 Å². The van der Waals surface area contributed by atoms with Gasteiger partial charge in [0, 0.05) is 5.56 Å². The highest BCUT2D eigenvalue weighted by atomic mass is 16.7.